The molecule has 1 aromatic carbocycles. The van der Waals surface area contributed by atoms with Crippen molar-refractivity contribution in [3.63, 3.8) is 0 Å². The second-order valence-electron chi connectivity index (χ2n) is 5.35. The minimum atomic E-state index is -0.279. The van der Waals surface area contributed by atoms with E-state index in [-0.39, 0.29) is 12.8 Å². The Labute approximate surface area is 147 Å². The molecule has 0 radical (unpaired) electrons. The largest absolute Gasteiger partial charge is 0.454 e. The summed E-state index contributed by atoms with van der Waals surface area (Å²) in [4.78, 5) is 17.2. The summed E-state index contributed by atoms with van der Waals surface area (Å²) in [5, 5.41) is 7.51. The normalized spacial score (nSPS) is 12.2. The van der Waals surface area contributed by atoms with Crippen molar-refractivity contribution in [2.75, 3.05) is 6.79 Å². The Morgan fingerprint density at radius 3 is 2.92 bits per heavy atom. The first-order valence-corrected chi connectivity index (χ1v) is 8.54. The van der Waals surface area contributed by atoms with Gasteiger partial charge in [-0.15, -0.1) is 11.3 Å². The van der Waals surface area contributed by atoms with Crippen LogP contribution in [0, 0.1) is 0 Å². The molecule has 0 spiro atoms. The number of carbonyl (C=O) groups excluding carboxylic acids is 1. The number of nitrogens with one attached hydrogen (secondary N) is 2. The molecular weight excluding hydrogens is 342 g/mol. The van der Waals surface area contributed by atoms with Crippen molar-refractivity contribution in [1.82, 2.24) is 15.6 Å². The van der Waals surface area contributed by atoms with Gasteiger partial charge in [0, 0.05) is 6.54 Å². The van der Waals surface area contributed by atoms with Gasteiger partial charge in [-0.25, -0.2) is 9.78 Å². The minimum Gasteiger partial charge on any atom is -0.454 e. The summed E-state index contributed by atoms with van der Waals surface area (Å²) in [5.41, 5.74) is 1.60. The lowest BCUT2D eigenvalue weighted by Crippen LogP contribution is -2.34. The Kier molecular flexibility index (Phi) is 4.26. The lowest BCUT2D eigenvalue weighted by Gasteiger charge is -2.07. The number of urea groups is 1. The standard InChI is InChI=1S/C17H15N3O4S/c21-17(18-7-11-3-4-13-14(6-11)24-10-23-13)19-8-12-9-22-16(20-12)15-2-1-5-25-15/h1-6,9H,7-8,10H2,(H2,18,19,21). The number of ether oxygens (including phenoxy) is 2. The first-order chi connectivity index (χ1) is 12.3. The summed E-state index contributed by atoms with van der Waals surface area (Å²) in [7, 11) is 0. The molecule has 2 amide bonds. The van der Waals surface area contributed by atoms with Gasteiger partial charge in [0.1, 0.15) is 6.26 Å². The summed E-state index contributed by atoms with van der Waals surface area (Å²) in [6.45, 7) is 0.918. The number of fused-ring (bicyclic) bond motifs is 1. The van der Waals surface area contributed by atoms with Gasteiger partial charge in [0.05, 0.1) is 17.1 Å². The van der Waals surface area contributed by atoms with Crippen LogP contribution in [0.15, 0.2) is 46.4 Å². The summed E-state index contributed by atoms with van der Waals surface area (Å²) in [5.74, 6) is 1.98. The lowest BCUT2D eigenvalue weighted by molar-refractivity contribution is 0.174. The van der Waals surface area contributed by atoms with Gasteiger partial charge in [-0.05, 0) is 29.1 Å². The number of nitrogens with zero attached hydrogens (tertiary/aromatic N) is 1. The predicted molar refractivity (Wildman–Crippen MR) is 91.5 cm³/mol. The van der Waals surface area contributed by atoms with Crippen LogP contribution in [0.3, 0.4) is 0 Å². The first-order valence-electron chi connectivity index (χ1n) is 7.66. The smallest absolute Gasteiger partial charge is 0.315 e. The number of thiophene rings is 1. The van der Waals surface area contributed by atoms with Gasteiger partial charge in [-0.1, -0.05) is 12.1 Å². The van der Waals surface area contributed by atoms with Gasteiger partial charge in [-0.2, -0.15) is 0 Å². The second kappa shape index (κ2) is 6.86. The summed E-state index contributed by atoms with van der Waals surface area (Å²) in [6.07, 6.45) is 1.55. The molecule has 8 heteroatoms. The average molecular weight is 357 g/mol. The Balaban J connectivity index is 1.27. The van der Waals surface area contributed by atoms with Crippen molar-refractivity contribution >= 4 is 17.4 Å². The van der Waals surface area contributed by atoms with E-state index in [2.05, 4.69) is 15.6 Å². The maximum Gasteiger partial charge on any atom is 0.315 e. The molecule has 0 unspecified atom stereocenters. The van der Waals surface area contributed by atoms with Crippen LogP contribution in [0.25, 0.3) is 10.8 Å². The van der Waals surface area contributed by atoms with Crippen LogP contribution >= 0.6 is 11.3 Å². The maximum atomic E-state index is 11.9. The zero-order valence-electron chi connectivity index (χ0n) is 13.2. The van der Waals surface area contributed by atoms with Crippen LogP contribution in [0.5, 0.6) is 11.5 Å². The molecular formula is C17H15N3O4S. The van der Waals surface area contributed by atoms with Crippen LogP contribution in [0.4, 0.5) is 4.79 Å². The second-order valence-corrected chi connectivity index (χ2v) is 6.29. The van der Waals surface area contributed by atoms with Crippen molar-refractivity contribution in [2.24, 2.45) is 0 Å². The van der Waals surface area contributed by atoms with E-state index in [9.17, 15) is 4.79 Å². The summed E-state index contributed by atoms with van der Waals surface area (Å²) in [6, 6.07) is 9.17. The number of aromatic nitrogens is 1. The fourth-order valence-electron chi connectivity index (χ4n) is 2.37. The third kappa shape index (κ3) is 3.58. The monoisotopic (exact) mass is 357 g/mol. The van der Waals surface area contributed by atoms with E-state index in [4.69, 9.17) is 13.9 Å². The molecule has 3 heterocycles. The number of oxazole rings is 1. The molecule has 0 fully saturated rings. The summed E-state index contributed by atoms with van der Waals surface area (Å²) < 4.78 is 16.0. The highest BCUT2D eigenvalue weighted by molar-refractivity contribution is 7.13. The number of amides is 2. The van der Waals surface area contributed by atoms with Gasteiger partial charge in [0.2, 0.25) is 12.7 Å². The fraction of sp³-hybridized carbons (Fsp3) is 0.176. The molecule has 1 aliphatic rings. The third-order valence-electron chi connectivity index (χ3n) is 3.60. The highest BCUT2D eigenvalue weighted by Gasteiger charge is 2.13. The van der Waals surface area contributed by atoms with Crippen LogP contribution < -0.4 is 20.1 Å². The van der Waals surface area contributed by atoms with E-state index in [1.165, 1.54) is 0 Å². The highest BCUT2D eigenvalue weighted by Crippen LogP contribution is 2.32. The van der Waals surface area contributed by atoms with Gasteiger partial charge < -0.3 is 24.5 Å². The number of rotatable bonds is 5. The molecule has 7 nitrogen and oxygen atoms in total. The van der Waals surface area contributed by atoms with E-state index in [1.807, 2.05) is 35.7 Å². The van der Waals surface area contributed by atoms with Crippen molar-refractivity contribution in [2.45, 2.75) is 13.1 Å². The molecule has 0 bridgehead atoms. The van der Waals surface area contributed by atoms with E-state index >= 15 is 0 Å². The van der Waals surface area contributed by atoms with E-state index in [1.54, 1.807) is 17.6 Å². The zero-order chi connectivity index (χ0) is 17.1. The molecule has 0 saturated carbocycles. The molecule has 25 heavy (non-hydrogen) atoms. The van der Waals surface area contributed by atoms with Gasteiger partial charge in [0.25, 0.3) is 0 Å². The topological polar surface area (TPSA) is 85.6 Å². The number of benzene rings is 1. The number of carbonyl (C=O) groups is 1. The van der Waals surface area contributed by atoms with Gasteiger partial charge in [0.15, 0.2) is 11.5 Å². The SMILES string of the molecule is O=C(NCc1ccc2c(c1)OCO2)NCc1coc(-c2cccs2)n1. The van der Waals surface area contributed by atoms with Crippen molar-refractivity contribution in [3.8, 4) is 22.3 Å². The van der Waals surface area contributed by atoms with Gasteiger partial charge in [-0.3, -0.25) is 0 Å². The van der Waals surface area contributed by atoms with Gasteiger partial charge >= 0.3 is 6.03 Å². The molecule has 0 aliphatic carbocycles. The lowest BCUT2D eigenvalue weighted by atomic mass is 10.2. The maximum absolute atomic E-state index is 11.9. The molecule has 128 valence electrons. The van der Waals surface area contributed by atoms with Crippen molar-refractivity contribution in [1.29, 1.82) is 0 Å². The van der Waals surface area contributed by atoms with E-state index < -0.39 is 0 Å². The molecule has 4 rings (SSSR count). The minimum absolute atomic E-state index is 0.234. The van der Waals surface area contributed by atoms with Crippen LogP contribution in [0.1, 0.15) is 11.3 Å². The van der Waals surface area contributed by atoms with Crippen LogP contribution in [0.2, 0.25) is 0 Å². The van der Waals surface area contributed by atoms with Crippen molar-refractivity contribution in [3.05, 3.63) is 53.2 Å². The first kappa shape index (κ1) is 15.5. The summed E-state index contributed by atoms with van der Waals surface area (Å²) >= 11 is 1.55. The molecule has 1 aliphatic heterocycles. The van der Waals surface area contributed by atoms with E-state index in [0.717, 1.165) is 16.2 Å². The number of hydrogen-bond donors (Lipinski definition) is 2. The molecule has 2 aromatic heterocycles. The Bertz CT molecular complexity index is 876. The quantitative estimate of drug-likeness (QED) is 0.733. The number of hydrogen-bond acceptors (Lipinski definition) is 6. The Morgan fingerprint density at radius 2 is 2.04 bits per heavy atom. The van der Waals surface area contributed by atoms with Crippen LogP contribution in [-0.2, 0) is 13.1 Å². The predicted octanol–water partition coefficient (Wildman–Crippen LogP) is 3.13. The highest BCUT2D eigenvalue weighted by atomic mass is 32.1. The van der Waals surface area contributed by atoms with Crippen molar-refractivity contribution < 1.29 is 18.7 Å². The third-order valence-corrected chi connectivity index (χ3v) is 4.46. The Morgan fingerprint density at radius 1 is 1.16 bits per heavy atom. The fourth-order valence-corrected chi connectivity index (χ4v) is 3.02. The van der Waals surface area contributed by atoms with E-state index in [0.29, 0.717) is 30.4 Å². The Hall–Kier alpha value is -3.00. The molecule has 0 saturated heterocycles. The zero-order valence-corrected chi connectivity index (χ0v) is 14.0. The molecule has 0 atom stereocenters. The average Bonchev–Trinajstić information content (AvgIpc) is 3.38. The molecule has 3 aromatic rings. The van der Waals surface area contributed by atoms with Crippen LogP contribution in [-0.4, -0.2) is 17.8 Å². The molecule has 2 N–H and O–H groups in total.